The quantitative estimate of drug-likeness (QED) is 0.873. The van der Waals surface area contributed by atoms with Crippen molar-refractivity contribution in [2.75, 3.05) is 0 Å². The summed E-state index contributed by atoms with van der Waals surface area (Å²) in [6.45, 7) is 2.03. The van der Waals surface area contributed by atoms with Crippen molar-refractivity contribution in [3.05, 3.63) is 69.7 Å². The molecule has 2 nitrogen and oxygen atoms in total. The first-order chi connectivity index (χ1) is 10.6. The third-order valence-corrected chi connectivity index (χ3v) is 4.58. The Bertz CT molecular complexity index is 678. The second-order valence-corrected chi connectivity index (χ2v) is 6.37. The number of hydrogen-bond acceptors (Lipinski definition) is 1. The van der Waals surface area contributed by atoms with Crippen LogP contribution in [0.15, 0.2) is 42.5 Å². The third kappa shape index (κ3) is 3.33. The summed E-state index contributed by atoms with van der Waals surface area (Å²) in [7, 11) is 0. The fraction of sp³-hybridized carbons (Fsp3) is 0.316. The Kier molecular flexibility index (Phi) is 4.49. The van der Waals surface area contributed by atoms with E-state index in [0.717, 1.165) is 6.42 Å². The van der Waals surface area contributed by atoms with E-state index in [9.17, 15) is 4.79 Å². The second kappa shape index (κ2) is 6.53. The number of fused-ring (bicyclic) bond motifs is 1. The van der Waals surface area contributed by atoms with Crippen LogP contribution in [0.3, 0.4) is 0 Å². The van der Waals surface area contributed by atoms with Gasteiger partial charge in [-0.3, -0.25) is 4.79 Å². The minimum Gasteiger partial charge on any atom is -0.346 e. The highest BCUT2D eigenvalue weighted by Crippen LogP contribution is 2.25. The first kappa shape index (κ1) is 15.1. The maximum atomic E-state index is 12.3. The molecule has 1 aliphatic carbocycles. The van der Waals surface area contributed by atoms with Crippen LogP contribution in [0.1, 0.15) is 52.9 Å². The normalized spacial score (nSPS) is 15.0. The number of nitrogens with one attached hydrogen (secondary N) is 1. The highest BCUT2D eigenvalue weighted by molar-refractivity contribution is 6.30. The van der Waals surface area contributed by atoms with Gasteiger partial charge in [0.25, 0.3) is 5.91 Å². The van der Waals surface area contributed by atoms with Crippen molar-refractivity contribution in [2.45, 2.75) is 38.6 Å². The summed E-state index contributed by atoms with van der Waals surface area (Å²) < 4.78 is 0. The number of benzene rings is 2. The monoisotopic (exact) mass is 313 g/mol. The van der Waals surface area contributed by atoms with Crippen molar-refractivity contribution < 1.29 is 4.79 Å². The van der Waals surface area contributed by atoms with Gasteiger partial charge in [0, 0.05) is 10.6 Å². The van der Waals surface area contributed by atoms with Gasteiger partial charge in [-0.2, -0.15) is 0 Å². The van der Waals surface area contributed by atoms with Crippen LogP contribution >= 0.6 is 11.6 Å². The number of rotatable bonds is 3. The molecule has 0 fully saturated rings. The lowest BCUT2D eigenvalue weighted by atomic mass is 9.89. The van der Waals surface area contributed by atoms with E-state index in [1.54, 1.807) is 24.3 Å². The molecular weight excluding hydrogens is 294 g/mol. The number of halogens is 1. The zero-order valence-electron chi connectivity index (χ0n) is 12.7. The van der Waals surface area contributed by atoms with Gasteiger partial charge in [0.1, 0.15) is 0 Å². The van der Waals surface area contributed by atoms with Crippen LogP contribution in [0.2, 0.25) is 5.02 Å². The van der Waals surface area contributed by atoms with E-state index < -0.39 is 0 Å². The SMILES string of the molecule is C[C@H](NC(=O)c1ccc(Cl)cc1)c1ccc2c(c1)CCCC2. The molecule has 0 unspecified atom stereocenters. The summed E-state index contributed by atoms with van der Waals surface area (Å²) in [5, 5.41) is 3.69. The van der Waals surface area contributed by atoms with Crippen molar-refractivity contribution in [1.29, 1.82) is 0 Å². The van der Waals surface area contributed by atoms with Gasteiger partial charge in [-0.25, -0.2) is 0 Å². The molecule has 0 saturated carbocycles. The van der Waals surface area contributed by atoms with E-state index in [1.807, 2.05) is 6.92 Å². The molecule has 0 radical (unpaired) electrons. The predicted octanol–water partition coefficient (Wildman–Crippen LogP) is 4.71. The minimum absolute atomic E-state index is 0.00426. The summed E-state index contributed by atoms with van der Waals surface area (Å²) >= 11 is 5.85. The summed E-state index contributed by atoms with van der Waals surface area (Å²) in [5.41, 5.74) is 4.71. The Labute approximate surface area is 136 Å². The van der Waals surface area contributed by atoms with E-state index >= 15 is 0 Å². The number of aryl methyl sites for hydroxylation is 2. The Hall–Kier alpha value is -1.80. The Morgan fingerprint density at radius 3 is 2.45 bits per heavy atom. The third-order valence-electron chi connectivity index (χ3n) is 4.33. The van der Waals surface area contributed by atoms with Crippen molar-refractivity contribution in [1.82, 2.24) is 5.32 Å². The molecule has 1 N–H and O–H groups in total. The van der Waals surface area contributed by atoms with Gasteiger partial charge in [-0.05, 0) is 73.6 Å². The smallest absolute Gasteiger partial charge is 0.251 e. The summed E-state index contributed by atoms with van der Waals surface area (Å²) in [4.78, 5) is 12.3. The first-order valence-electron chi connectivity index (χ1n) is 7.81. The maximum absolute atomic E-state index is 12.3. The molecule has 0 aromatic heterocycles. The van der Waals surface area contributed by atoms with Gasteiger partial charge in [0.15, 0.2) is 0 Å². The highest BCUT2D eigenvalue weighted by atomic mass is 35.5. The molecule has 0 aliphatic heterocycles. The van der Waals surface area contributed by atoms with Gasteiger partial charge >= 0.3 is 0 Å². The van der Waals surface area contributed by atoms with Gasteiger partial charge in [-0.15, -0.1) is 0 Å². The summed E-state index contributed by atoms with van der Waals surface area (Å²) in [5.74, 6) is -0.0677. The average molecular weight is 314 g/mol. The number of carbonyl (C=O) groups excluding carboxylic acids is 1. The minimum atomic E-state index is -0.0677. The Morgan fingerprint density at radius 2 is 1.73 bits per heavy atom. The second-order valence-electron chi connectivity index (χ2n) is 5.94. The average Bonchev–Trinajstić information content (AvgIpc) is 2.55. The van der Waals surface area contributed by atoms with Crippen LogP contribution in [0, 0.1) is 0 Å². The molecule has 3 heteroatoms. The molecule has 3 rings (SSSR count). The Morgan fingerprint density at radius 1 is 1.05 bits per heavy atom. The van der Waals surface area contributed by atoms with Crippen LogP contribution in [-0.2, 0) is 12.8 Å². The van der Waals surface area contributed by atoms with Crippen LogP contribution in [0.25, 0.3) is 0 Å². The summed E-state index contributed by atoms with van der Waals surface area (Å²) in [6, 6.07) is 13.6. The Balaban J connectivity index is 1.72. The largest absolute Gasteiger partial charge is 0.346 e. The molecule has 114 valence electrons. The van der Waals surface area contributed by atoms with E-state index in [2.05, 4.69) is 23.5 Å². The molecule has 22 heavy (non-hydrogen) atoms. The number of hydrogen-bond donors (Lipinski definition) is 1. The van der Waals surface area contributed by atoms with E-state index in [0.29, 0.717) is 10.6 Å². The molecule has 0 spiro atoms. The molecule has 0 heterocycles. The molecule has 1 aliphatic rings. The molecule has 0 bridgehead atoms. The summed E-state index contributed by atoms with van der Waals surface area (Å²) in [6.07, 6.45) is 4.89. The van der Waals surface area contributed by atoms with E-state index in [1.165, 1.54) is 36.0 Å². The van der Waals surface area contributed by atoms with Gasteiger partial charge < -0.3 is 5.32 Å². The van der Waals surface area contributed by atoms with Crippen LogP contribution < -0.4 is 5.32 Å². The van der Waals surface area contributed by atoms with Crippen LogP contribution in [0.5, 0.6) is 0 Å². The van der Waals surface area contributed by atoms with Crippen molar-refractivity contribution in [3.8, 4) is 0 Å². The lowest BCUT2D eigenvalue weighted by Gasteiger charge is -2.20. The molecule has 2 aromatic rings. The zero-order chi connectivity index (χ0) is 15.5. The zero-order valence-corrected chi connectivity index (χ0v) is 13.5. The van der Waals surface area contributed by atoms with E-state index in [-0.39, 0.29) is 11.9 Å². The topological polar surface area (TPSA) is 29.1 Å². The van der Waals surface area contributed by atoms with Gasteiger partial charge in [0.05, 0.1) is 6.04 Å². The molecule has 2 aromatic carbocycles. The number of carbonyl (C=O) groups is 1. The van der Waals surface area contributed by atoms with Crippen molar-refractivity contribution >= 4 is 17.5 Å². The number of amides is 1. The maximum Gasteiger partial charge on any atom is 0.251 e. The molecular formula is C19H20ClNO. The van der Waals surface area contributed by atoms with Gasteiger partial charge in [-0.1, -0.05) is 29.8 Å². The molecule has 1 amide bonds. The highest BCUT2D eigenvalue weighted by Gasteiger charge is 2.14. The fourth-order valence-corrected chi connectivity index (χ4v) is 3.11. The van der Waals surface area contributed by atoms with Crippen LogP contribution in [0.4, 0.5) is 0 Å². The predicted molar refractivity (Wildman–Crippen MR) is 90.4 cm³/mol. The van der Waals surface area contributed by atoms with Crippen molar-refractivity contribution in [3.63, 3.8) is 0 Å². The molecule has 0 saturated heterocycles. The lowest BCUT2D eigenvalue weighted by Crippen LogP contribution is -2.26. The fourth-order valence-electron chi connectivity index (χ4n) is 2.99. The standard InChI is InChI=1S/C19H20ClNO/c1-13(21-19(22)15-8-10-18(20)11-9-15)16-7-6-14-4-2-3-5-17(14)12-16/h6-13H,2-5H2,1H3,(H,21,22)/t13-/m0/s1. The lowest BCUT2D eigenvalue weighted by molar-refractivity contribution is 0.0940. The van der Waals surface area contributed by atoms with E-state index in [4.69, 9.17) is 11.6 Å². The first-order valence-corrected chi connectivity index (χ1v) is 8.19. The van der Waals surface area contributed by atoms with Gasteiger partial charge in [0.2, 0.25) is 0 Å². The molecule has 1 atom stereocenters. The van der Waals surface area contributed by atoms with Crippen LogP contribution in [-0.4, -0.2) is 5.91 Å². The van der Waals surface area contributed by atoms with Crippen molar-refractivity contribution in [2.24, 2.45) is 0 Å².